The molecule has 5 nitrogen and oxygen atoms in total. The lowest BCUT2D eigenvalue weighted by atomic mass is 10.0. The zero-order valence-corrected chi connectivity index (χ0v) is 8.91. The zero-order valence-electron chi connectivity index (χ0n) is 8.91. The van der Waals surface area contributed by atoms with Crippen molar-refractivity contribution in [3.8, 4) is 0 Å². The first-order chi connectivity index (χ1) is 6.34. The van der Waals surface area contributed by atoms with E-state index in [0.717, 1.165) is 0 Å². The van der Waals surface area contributed by atoms with Gasteiger partial charge in [0.25, 0.3) is 0 Å². The second kappa shape index (κ2) is 5.59. The van der Waals surface area contributed by atoms with Crippen molar-refractivity contribution in [1.82, 2.24) is 5.32 Å². The molecule has 82 valence electrons. The molecule has 14 heavy (non-hydrogen) atoms. The second-order valence-electron chi connectivity index (χ2n) is 3.88. The van der Waals surface area contributed by atoms with Gasteiger partial charge in [0.05, 0.1) is 6.04 Å². The number of amides is 2. The van der Waals surface area contributed by atoms with Gasteiger partial charge in [-0.1, -0.05) is 13.8 Å². The summed E-state index contributed by atoms with van der Waals surface area (Å²) in [4.78, 5) is 22.2. The lowest BCUT2D eigenvalue weighted by Gasteiger charge is -2.18. The third-order valence-corrected chi connectivity index (χ3v) is 1.78. The van der Waals surface area contributed by atoms with Gasteiger partial charge in [-0.2, -0.15) is 0 Å². The Balaban J connectivity index is 4.23. The summed E-state index contributed by atoms with van der Waals surface area (Å²) < 4.78 is 0. The van der Waals surface area contributed by atoms with E-state index in [-0.39, 0.29) is 5.91 Å². The number of hydrogen-bond acceptors (Lipinski definition) is 3. The molecule has 0 spiro atoms. The maximum Gasteiger partial charge on any atom is 0.240 e. The summed E-state index contributed by atoms with van der Waals surface area (Å²) in [5.74, 6) is -0.581. The van der Waals surface area contributed by atoms with Gasteiger partial charge in [-0.05, 0) is 19.3 Å². The van der Waals surface area contributed by atoms with Crippen molar-refractivity contribution in [3.05, 3.63) is 0 Å². The monoisotopic (exact) mass is 201 g/mol. The summed E-state index contributed by atoms with van der Waals surface area (Å²) in [6, 6.07) is -1.24. The van der Waals surface area contributed by atoms with Gasteiger partial charge in [0, 0.05) is 0 Å². The van der Waals surface area contributed by atoms with Crippen molar-refractivity contribution in [2.24, 2.45) is 17.4 Å². The minimum absolute atomic E-state index is 0.292. The average molecular weight is 201 g/mol. The molecule has 0 fully saturated rings. The van der Waals surface area contributed by atoms with Crippen LogP contribution in [0, 0.1) is 5.92 Å². The van der Waals surface area contributed by atoms with Crippen LogP contribution in [0.5, 0.6) is 0 Å². The summed E-state index contributed by atoms with van der Waals surface area (Å²) in [5, 5.41) is 2.51. The molecular weight excluding hydrogens is 182 g/mol. The summed E-state index contributed by atoms with van der Waals surface area (Å²) in [6.45, 7) is 5.46. The second-order valence-corrected chi connectivity index (χ2v) is 3.88. The highest BCUT2D eigenvalue weighted by molar-refractivity contribution is 5.88. The summed E-state index contributed by atoms with van der Waals surface area (Å²) in [5.41, 5.74) is 10.5. The standard InChI is InChI=1S/C9H19N3O2/c1-5(2)4-7(8(11)13)12-9(14)6(3)10/h5-7H,4,10H2,1-3H3,(H2,11,13)(H,12,14)/t6-,7-/m0/s1. The third-order valence-electron chi connectivity index (χ3n) is 1.78. The minimum atomic E-state index is -0.621. The normalized spacial score (nSPS) is 14.9. The summed E-state index contributed by atoms with van der Waals surface area (Å²) in [6.07, 6.45) is 0.536. The Morgan fingerprint density at radius 1 is 1.29 bits per heavy atom. The molecule has 0 radical (unpaired) electrons. The maximum absolute atomic E-state index is 11.2. The molecule has 0 saturated carbocycles. The predicted octanol–water partition coefficient (Wildman–Crippen LogP) is -0.650. The van der Waals surface area contributed by atoms with Gasteiger partial charge in [-0.3, -0.25) is 9.59 Å². The van der Waals surface area contributed by atoms with Crippen molar-refractivity contribution >= 4 is 11.8 Å². The largest absolute Gasteiger partial charge is 0.368 e. The van der Waals surface area contributed by atoms with Crippen molar-refractivity contribution in [3.63, 3.8) is 0 Å². The highest BCUT2D eigenvalue weighted by Gasteiger charge is 2.20. The van der Waals surface area contributed by atoms with Crippen LogP contribution in [0.15, 0.2) is 0 Å². The first-order valence-electron chi connectivity index (χ1n) is 4.69. The Kier molecular flexibility index (Phi) is 5.15. The molecule has 0 aromatic heterocycles. The molecule has 0 saturated heterocycles. The fourth-order valence-electron chi connectivity index (χ4n) is 1.02. The van der Waals surface area contributed by atoms with Crippen LogP contribution < -0.4 is 16.8 Å². The van der Waals surface area contributed by atoms with E-state index in [2.05, 4.69) is 5.32 Å². The molecule has 2 atom stereocenters. The van der Waals surface area contributed by atoms with Crippen LogP contribution in [0.4, 0.5) is 0 Å². The van der Waals surface area contributed by atoms with E-state index in [1.807, 2.05) is 13.8 Å². The smallest absolute Gasteiger partial charge is 0.240 e. The lowest BCUT2D eigenvalue weighted by molar-refractivity contribution is -0.128. The van der Waals surface area contributed by atoms with E-state index in [9.17, 15) is 9.59 Å². The molecule has 0 aromatic rings. The molecule has 0 aliphatic rings. The number of nitrogens with two attached hydrogens (primary N) is 2. The molecule has 0 rings (SSSR count). The first kappa shape index (κ1) is 12.9. The molecule has 5 heteroatoms. The summed E-state index contributed by atoms with van der Waals surface area (Å²) >= 11 is 0. The molecule has 5 N–H and O–H groups in total. The van der Waals surface area contributed by atoms with Crippen LogP contribution in [-0.4, -0.2) is 23.9 Å². The number of primary amides is 1. The lowest BCUT2D eigenvalue weighted by Crippen LogP contribution is -2.49. The Morgan fingerprint density at radius 3 is 2.07 bits per heavy atom. The molecule has 0 aliphatic carbocycles. The minimum Gasteiger partial charge on any atom is -0.368 e. The SMILES string of the molecule is CC(C)C[C@H](NC(=O)[C@H](C)N)C(N)=O. The van der Waals surface area contributed by atoms with E-state index in [1.165, 1.54) is 0 Å². The van der Waals surface area contributed by atoms with E-state index in [4.69, 9.17) is 11.5 Å². The number of hydrogen-bond donors (Lipinski definition) is 3. The van der Waals surface area contributed by atoms with Crippen LogP contribution in [-0.2, 0) is 9.59 Å². The van der Waals surface area contributed by atoms with Crippen molar-refractivity contribution in [2.45, 2.75) is 39.3 Å². The van der Waals surface area contributed by atoms with Crippen molar-refractivity contribution < 1.29 is 9.59 Å². The van der Waals surface area contributed by atoms with Crippen LogP contribution >= 0.6 is 0 Å². The fraction of sp³-hybridized carbons (Fsp3) is 0.778. The molecule has 0 aromatic carbocycles. The van der Waals surface area contributed by atoms with E-state index >= 15 is 0 Å². The van der Waals surface area contributed by atoms with E-state index < -0.39 is 18.0 Å². The van der Waals surface area contributed by atoms with Gasteiger partial charge in [-0.15, -0.1) is 0 Å². The Bertz CT molecular complexity index is 214. The Morgan fingerprint density at radius 2 is 1.79 bits per heavy atom. The zero-order chi connectivity index (χ0) is 11.3. The molecule has 0 aliphatic heterocycles. The van der Waals surface area contributed by atoms with Crippen molar-refractivity contribution in [2.75, 3.05) is 0 Å². The van der Waals surface area contributed by atoms with Gasteiger partial charge in [0.1, 0.15) is 6.04 Å². The van der Waals surface area contributed by atoms with E-state index in [0.29, 0.717) is 12.3 Å². The average Bonchev–Trinajstić information content (AvgIpc) is 2.01. The van der Waals surface area contributed by atoms with Crippen LogP contribution in [0.25, 0.3) is 0 Å². The van der Waals surface area contributed by atoms with Crippen molar-refractivity contribution in [1.29, 1.82) is 0 Å². The molecule has 2 amide bonds. The van der Waals surface area contributed by atoms with Crippen LogP contribution in [0.3, 0.4) is 0 Å². The quantitative estimate of drug-likeness (QED) is 0.551. The fourth-order valence-corrected chi connectivity index (χ4v) is 1.02. The molecule has 0 heterocycles. The number of nitrogens with one attached hydrogen (secondary N) is 1. The molecular formula is C9H19N3O2. The molecule has 0 bridgehead atoms. The number of rotatable bonds is 5. The topological polar surface area (TPSA) is 98.2 Å². The van der Waals surface area contributed by atoms with Gasteiger partial charge < -0.3 is 16.8 Å². The molecule has 0 unspecified atom stereocenters. The van der Waals surface area contributed by atoms with Gasteiger partial charge in [0.2, 0.25) is 11.8 Å². The Labute approximate surface area is 84.2 Å². The van der Waals surface area contributed by atoms with Crippen LogP contribution in [0.2, 0.25) is 0 Å². The highest BCUT2D eigenvalue weighted by atomic mass is 16.2. The summed E-state index contributed by atoms with van der Waals surface area (Å²) in [7, 11) is 0. The van der Waals surface area contributed by atoms with Gasteiger partial charge in [0.15, 0.2) is 0 Å². The first-order valence-corrected chi connectivity index (χ1v) is 4.69. The third kappa shape index (κ3) is 4.81. The number of carbonyl (C=O) groups is 2. The van der Waals surface area contributed by atoms with Gasteiger partial charge in [-0.25, -0.2) is 0 Å². The van der Waals surface area contributed by atoms with E-state index in [1.54, 1.807) is 6.92 Å². The predicted molar refractivity (Wildman–Crippen MR) is 54.2 cm³/mol. The maximum atomic E-state index is 11.2. The highest BCUT2D eigenvalue weighted by Crippen LogP contribution is 2.04. The number of carbonyl (C=O) groups excluding carboxylic acids is 2. The van der Waals surface area contributed by atoms with Crippen LogP contribution in [0.1, 0.15) is 27.2 Å². The van der Waals surface area contributed by atoms with Gasteiger partial charge >= 0.3 is 0 Å². The Hall–Kier alpha value is -1.10.